The number of benzene rings is 1. The van der Waals surface area contributed by atoms with Crippen LogP contribution in [0.5, 0.6) is 0 Å². The molecule has 1 amide bonds. The zero-order valence-corrected chi connectivity index (χ0v) is 14.0. The highest BCUT2D eigenvalue weighted by Gasteiger charge is 2.35. The minimum absolute atomic E-state index is 0.129. The number of nitrogens with one attached hydrogen (secondary N) is 1. The van der Waals surface area contributed by atoms with Crippen molar-refractivity contribution in [3.05, 3.63) is 53.4 Å². The number of anilines is 1. The summed E-state index contributed by atoms with van der Waals surface area (Å²) in [5.74, 6) is -0.632. The third-order valence-electron chi connectivity index (χ3n) is 5.33. The lowest BCUT2D eigenvalue weighted by atomic mass is 9.95. The highest BCUT2D eigenvalue weighted by Crippen LogP contribution is 2.40. The number of rotatable bonds is 2. The second kappa shape index (κ2) is 5.63. The van der Waals surface area contributed by atoms with Crippen LogP contribution in [0.3, 0.4) is 0 Å². The summed E-state index contributed by atoms with van der Waals surface area (Å²) >= 11 is 0. The standard InChI is InChI=1S/C19H16N6O/c1-20-11-6-7-13-15(8-11)23-19(26)16(13)17-14-9-25(12-4-2-3-5-12)24-18(14)22-10-21-17/h6-10,12,16H,2-5H2,(H,23,26). The minimum Gasteiger partial charge on any atom is -0.326 e. The molecule has 1 aromatic carbocycles. The van der Waals surface area contributed by atoms with E-state index in [2.05, 4.69) is 25.2 Å². The summed E-state index contributed by atoms with van der Waals surface area (Å²) in [5, 5.41) is 8.33. The number of nitrogens with zero attached hydrogens (tertiary/aromatic N) is 5. The molecule has 0 radical (unpaired) electrons. The van der Waals surface area contributed by atoms with Crippen LogP contribution in [0.1, 0.15) is 48.9 Å². The molecule has 2 aliphatic rings. The first-order valence-electron chi connectivity index (χ1n) is 8.76. The molecule has 1 saturated carbocycles. The lowest BCUT2D eigenvalue weighted by molar-refractivity contribution is -0.116. The summed E-state index contributed by atoms with van der Waals surface area (Å²) < 4.78 is 1.99. The Morgan fingerprint density at radius 2 is 2.08 bits per heavy atom. The second-order valence-electron chi connectivity index (χ2n) is 6.85. The Morgan fingerprint density at radius 1 is 1.23 bits per heavy atom. The van der Waals surface area contributed by atoms with E-state index in [4.69, 9.17) is 6.57 Å². The van der Waals surface area contributed by atoms with Gasteiger partial charge in [-0.3, -0.25) is 9.48 Å². The first-order valence-corrected chi connectivity index (χ1v) is 8.76. The Bertz CT molecular complexity index is 1070. The number of fused-ring (bicyclic) bond motifs is 2. The maximum atomic E-state index is 12.7. The average Bonchev–Trinajstić information content (AvgIpc) is 3.37. The van der Waals surface area contributed by atoms with Crippen molar-refractivity contribution < 1.29 is 4.79 Å². The number of aromatic nitrogens is 4. The molecule has 1 atom stereocenters. The van der Waals surface area contributed by atoms with Gasteiger partial charge in [-0.2, -0.15) is 5.10 Å². The molecule has 0 bridgehead atoms. The van der Waals surface area contributed by atoms with Crippen molar-refractivity contribution in [2.75, 3.05) is 5.32 Å². The molecule has 2 aromatic heterocycles. The summed E-state index contributed by atoms with van der Waals surface area (Å²) in [4.78, 5) is 24.8. The lowest BCUT2D eigenvalue weighted by Gasteiger charge is -2.09. The van der Waals surface area contributed by atoms with Crippen LogP contribution in [-0.4, -0.2) is 25.7 Å². The molecule has 3 heterocycles. The predicted octanol–water partition coefficient (Wildman–Crippen LogP) is 3.58. The molecular formula is C19H16N6O. The fourth-order valence-electron chi connectivity index (χ4n) is 4.05. The fourth-order valence-corrected chi connectivity index (χ4v) is 4.05. The van der Waals surface area contributed by atoms with Gasteiger partial charge in [-0.05, 0) is 24.5 Å². The lowest BCUT2D eigenvalue weighted by Crippen LogP contribution is -2.14. The van der Waals surface area contributed by atoms with Crippen molar-refractivity contribution in [2.45, 2.75) is 37.6 Å². The van der Waals surface area contributed by atoms with Gasteiger partial charge in [0.15, 0.2) is 11.3 Å². The number of carbonyl (C=O) groups is 1. The Morgan fingerprint density at radius 3 is 2.88 bits per heavy atom. The van der Waals surface area contributed by atoms with E-state index in [1.54, 1.807) is 12.1 Å². The van der Waals surface area contributed by atoms with Crippen LogP contribution in [0, 0.1) is 6.57 Å². The summed E-state index contributed by atoms with van der Waals surface area (Å²) in [6, 6.07) is 5.68. The zero-order valence-electron chi connectivity index (χ0n) is 14.0. The van der Waals surface area contributed by atoms with E-state index in [0.29, 0.717) is 28.8 Å². The molecule has 1 unspecified atom stereocenters. The van der Waals surface area contributed by atoms with Crippen molar-refractivity contribution in [1.29, 1.82) is 0 Å². The van der Waals surface area contributed by atoms with Crippen molar-refractivity contribution in [2.24, 2.45) is 0 Å². The summed E-state index contributed by atoms with van der Waals surface area (Å²) in [6.45, 7) is 7.14. The van der Waals surface area contributed by atoms with E-state index in [0.717, 1.165) is 23.8 Å². The topological polar surface area (TPSA) is 77.1 Å². The highest BCUT2D eigenvalue weighted by molar-refractivity contribution is 6.07. The molecule has 7 heteroatoms. The van der Waals surface area contributed by atoms with Gasteiger partial charge in [0.05, 0.1) is 23.7 Å². The molecule has 26 heavy (non-hydrogen) atoms. The van der Waals surface area contributed by atoms with Crippen LogP contribution in [0.4, 0.5) is 11.4 Å². The van der Waals surface area contributed by atoms with Gasteiger partial charge in [-0.15, -0.1) is 0 Å². The Labute approximate surface area is 149 Å². The van der Waals surface area contributed by atoms with E-state index in [1.165, 1.54) is 19.2 Å². The van der Waals surface area contributed by atoms with Crippen LogP contribution in [-0.2, 0) is 4.79 Å². The summed E-state index contributed by atoms with van der Waals surface area (Å²) in [6.07, 6.45) is 8.16. The third kappa shape index (κ3) is 2.19. The fraction of sp³-hybridized carbons (Fsp3) is 0.316. The van der Waals surface area contributed by atoms with E-state index in [-0.39, 0.29) is 5.91 Å². The van der Waals surface area contributed by atoms with Gasteiger partial charge >= 0.3 is 0 Å². The molecule has 3 aromatic rings. The smallest absolute Gasteiger partial charge is 0.238 e. The molecule has 5 rings (SSSR count). The van der Waals surface area contributed by atoms with E-state index >= 15 is 0 Å². The zero-order chi connectivity index (χ0) is 17.7. The van der Waals surface area contributed by atoms with Crippen LogP contribution < -0.4 is 5.32 Å². The first-order chi connectivity index (χ1) is 12.7. The molecule has 1 N–H and O–H groups in total. The second-order valence-corrected chi connectivity index (χ2v) is 6.85. The van der Waals surface area contributed by atoms with Crippen molar-refractivity contribution in [1.82, 2.24) is 19.7 Å². The van der Waals surface area contributed by atoms with Crippen LogP contribution in [0.25, 0.3) is 15.9 Å². The number of carbonyl (C=O) groups excluding carboxylic acids is 1. The first kappa shape index (κ1) is 15.0. The molecule has 128 valence electrons. The number of amides is 1. The van der Waals surface area contributed by atoms with Gasteiger partial charge in [0.2, 0.25) is 5.91 Å². The van der Waals surface area contributed by atoms with Gasteiger partial charge in [-0.1, -0.05) is 25.0 Å². The molecule has 7 nitrogen and oxygen atoms in total. The Kier molecular flexibility index (Phi) is 3.25. The molecule has 1 aliphatic heterocycles. The quantitative estimate of drug-likeness (QED) is 0.721. The molecule has 0 saturated heterocycles. The van der Waals surface area contributed by atoms with Crippen molar-refractivity contribution in [3.8, 4) is 0 Å². The van der Waals surface area contributed by atoms with Crippen molar-refractivity contribution in [3.63, 3.8) is 0 Å². The van der Waals surface area contributed by atoms with Crippen LogP contribution in [0.2, 0.25) is 0 Å². The highest BCUT2D eigenvalue weighted by atomic mass is 16.2. The average molecular weight is 344 g/mol. The maximum Gasteiger partial charge on any atom is 0.238 e. The molecule has 1 fully saturated rings. The minimum atomic E-state index is -0.503. The predicted molar refractivity (Wildman–Crippen MR) is 96.0 cm³/mol. The number of hydrogen-bond donors (Lipinski definition) is 1. The summed E-state index contributed by atoms with van der Waals surface area (Å²) in [5.41, 5.74) is 3.33. The van der Waals surface area contributed by atoms with Gasteiger partial charge in [0.25, 0.3) is 0 Å². The third-order valence-corrected chi connectivity index (χ3v) is 5.33. The van der Waals surface area contributed by atoms with E-state index in [1.807, 2.05) is 16.9 Å². The van der Waals surface area contributed by atoms with Crippen LogP contribution >= 0.6 is 0 Å². The van der Waals surface area contributed by atoms with E-state index in [9.17, 15) is 4.79 Å². The van der Waals surface area contributed by atoms with Gasteiger partial charge in [0.1, 0.15) is 12.2 Å². The number of hydrogen-bond acceptors (Lipinski definition) is 4. The van der Waals surface area contributed by atoms with Crippen LogP contribution in [0.15, 0.2) is 30.7 Å². The normalized spacial score (nSPS) is 19.5. The molecule has 0 spiro atoms. The largest absolute Gasteiger partial charge is 0.326 e. The van der Waals surface area contributed by atoms with Crippen molar-refractivity contribution >= 4 is 28.3 Å². The van der Waals surface area contributed by atoms with Gasteiger partial charge in [0, 0.05) is 11.9 Å². The Hall–Kier alpha value is -3.27. The molecule has 1 aliphatic carbocycles. The monoisotopic (exact) mass is 344 g/mol. The van der Waals surface area contributed by atoms with Gasteiger partial charge < -0.3 is 5.32 Å². The molecular weight excluding hydrogens is 328 g/mol. The Balaban J connectivity index is 1.63. The maximum absolute atomic E-state index is 12.7. The van der Waals surface area contributed by atoms with Gasteiger partial charge in [-0.25, -0.2) is 14.8 Å². The summed E-state index contributed by atoms with van der Waals surface area (Å²) in [7, 11) is 0. The van der Waals surface area contributed by atoms with E-state index < -0.39 is 5.92 Å². The SMILES string of the molecule is [C-]#[N+]c1ccc2c(c1)NC(=O)C2c1ncnc2nn(C3CCCC3)cc12.